The quantitative estimate of drug-likeness (QED) is 0.0243. The molecule has 3 unspecified atom stereocenters. The molecule has 0 saturated carbocycles. The molecule has 0 radical (unpaired) electrons. The molecule has 3 atom stereocenters. The second kappa shape index (κ2) is 46.1. The summed E-state index contributed by atoms with van der Waals surface area (Å²) < 4.78 is 23.6. The van der Waals surface area contributed by atoms with Crippen LogP contribution in [0.1, 0.15) is 264 Å². The fraction of sp³-hybridized carbons (Fsp3) is 0.907. The molecule has 0 fully saturated rings. The highest BCUT2D eigenvalue weighted by Gasteiger charge is 2.27. The van der Waals surface area contributed by atoms with Crippen molar-refractivity contribution in [1.29, 1.82) is 0 Å². The first-order chi connectivity index (χ1) is 30.5. The summed E-state index contributed by atoms with van der Waals surface area (Å²) in [6.07, 6.45) is 57.2. The third-order valence-electron chi connectivity index (χ3n) is 12.4. The maximum Gasteiger partial charge on any atom is 0.472 e. The van der Waals surface area contributed by atoms with Crippen LogP contribution < -0.4 is 5.32 Å². The lowest BCUT2D eigenvalue weighted by atomic mass is 10.0. The molecule has 0 spiro atoms. The van der Waals surface area contributed by atoms with Gasteiger partial charge in [0.25, 0.3) is 0 Å². The Kier molecular flexibility index (Phi) is 45.4. The molecule has 0 aromatic heterocycles. The smallest absolute Gasteiger partial charge is 0.387 e. The van der Waals surface area contributed by atoms with Gasteiger partial charge in [-0.1, -0.05) is 250 Å². The van der Waals surface area contributed by atoms with Crippen LogP contribution in [-0.4, -0.2) is 73.4 Å². The number of aliphatic hydroxyl groups is 1. The van der Waals surface area contributed by atoms with Crippen molar-refractivity contribution in [2.24, 2.45) is 0 Å². The van der Waals surface area contributed by atoms with E-state index in [4.69, 9.17) is 9.05 Å². The van der Waals surface area contributed by atoms with Crippen LogP contribution in [0, 0.1) is 0 Å². The summed E-state index contributed by atoms with van der Waals surface area (Å²) in [5.74, 6) is -0.185. The van der Waals surface area contributed by atoms with Crippen LogP contribution in [-0.2, 0) is 18.4 Å². The monoisotopic (exact) mass is 912 g/mol. The van der Waals surface area contributed by atoms with Crippen LogP contribution in [0.5, 0.6) is 0 Å². The lowest BCUT2D eigenvalue weighted by Gasteiger charge is -2.25. The van der Waals surface area contributed by atoms with Gasteiger partial charge in [-0.2, -0.15) is 0 Å². The summed E-state index contributed by atoms with van der Waals surface area (Å²) in [5, 5.41) is 13.9. The third-order valence-corrected chi connectivity index (χ3v) is 13.4. The first kappa shape index (κ1) is 62.0. The van der Waals surface area contributed by atoms with Crippen molar-refractivity contribution in [2.75, 3.05) is 40.9 Å². The predicted molar refractivity (Wildman–Crippen MR) is 272 cm³/mol. The average Bonchev–Trinajstić information content (AvgIpc) is 3.24. The summed E-state index contributed by atoms with van der Waals surface area (Å²) in [6, 6.07) is -0.858. The molecule has 0 aliphatic heterocycles. The number of hydrogen-bond donors (Lipinski definition) is 3. The molecule has 0 bridgehead atoms. The number of nitrogens with zero attached hydrogens (tertiary/aromatic N) is 1. The highest BCUT2D eigenvalue weighted by molar-refractivity contribution is 7.47. The Labute approximate surface area is 392 Å². The second-order valence-electron chi connectivity index (χ2n) is 20.0. The van der Waals surface area contributed by atoms with E-state index in [-0.39, 0.29) is 19.1 Å². The molecular weight excluding hydrogens is 804 g/mol. The number of likely N-dealkylation sites (N-methyl/N-ethyl adjacent to an activating group) is 1. The van der Waals surface area contributed by atoms with E-state index in [0.717, 1.165) is 38.5 Å². The zero-order valence-electron chi connectivity index (χ0n) is 42.6. The molecule has 0 aliphatic carbocycles. The van der Waals surface area contributed by atoms with E-state index in [1.807, 2.05) is 27.2 Å². The molecule has 0 heterocycles. The maximum absolute atomic E-state index is 12.9. The molecule has 8 nitrogen and oxygen atoms in total. The average molecular weight is 912 g/mol. The van der Waals surface area contributed by atoms with Gasteiger partial charge in [0, 0.05) is 6.42 Å². The van der Waals surface area contributed by atoms with Crippen molar-refractivity contribution in [1.82, 2.24) is 5.32 Å². The fourth-order valence-electron chi connectivity index (χ4n) is 8.12. The first-order valence-electron chi connectivity index (χ1n) is 27.2. The molecular formula is C54H108N2O6P+. The Hall–Kier alpha value is -1.02. The van der Waals surface area contributed by atoms with Gasteiger partial charge in [-0.3, -0.25) is 13.8 Å². The highest BCUT2D eigenvalue weighted by atomic mass is 31.2. The van der Waals surface area contributed by atoms with Crippen molar-refractivity contribution < 1.29 is 32.9 Å². The lowest BCUT2D eigenvalue weighted by molar-refractivity contribution is -0.870. The van der Waals surface area contributed by atoms with Crippen LogP contribution in [0.3, 0.4) is 0 Å². The number of allylic oxidation sites excluding steroid dienone is 3. The van der Waals surface area contributed by atoms with Crippen molar-refractivity contribution in [3.05, 3.63) is 24.3 Å². The SMILES string of the molecule is CCCCCCCCCCCCCCCCCCCCCCCCC/C=C/CC/C=C/C(O)C(COP(=O)(O)OCC[N+](C)(C)C)NC(=O)CCCCCCCCCCCCCC. The van der Waals surface area contributed by atoms with Crippen molar-refractivity contribution >= 4 is 13.7 Å². The molecule has 0 aliphatic rings. The van der Waals surface area contributed by atoms with Gasteiger partial charge in [0.2, 0.25) is 5.91 Å². The van der Waals surface area contributed by atoms with Gasteiger partial charge >= 0.3 is 7.82 Å². The Bertz CT molecular complexity index is 1080. The number of quaternary nitrogens is 1. The first-order valence-corrected chi connectivity index (χ1v) is 28.7. The number of phosphoric ester groups is 1. The number of nitrogens with one attached hydrogen (secondary N) is 1. The van der Waals surface area contributed by atoms with Crippen LogP contribution in [0.15, 0.2) is 24.3 Å². The number of unbranched alkanes of at least 4 members (excludes halogenated alkanes) is 35. The van der Waals surface area contributed by atoms with Gasteiger partial charge < -0.3 is 19.8 Å². The molecule has 0 aromatic carbocycles. The van der Waals surface area contributed by atoms with Gasteiger partial charge in [-0.25, -0.2) is 4.57 Å². The molecule has 63 heavy (non-hydrogen) atoms. The zero-order chi connectivity index (χ0) is 46.4. The zero-order valence-corrected chi connectivity index (χ0v) is 43.5. The van der Waals surface area contributed by atoms with Gasteiger partial charge in [0.05, 0.1) is 39.9 Å². The van der Waals surface area contributed by atoms with E-state index < -0.39 is 20.0 Å². The standard InChI is InChI=1S/C54H107N2O6P/c1-6-8-10-12-14-16-18-20-21-22-23-24-25-26-27-28-29-30-31-32-33-34-35-36-37-39-41-43-45-47-53(57)52(51-62-63(59,60)61-50-49-56(3,4)5)55-54(58)48-46-44-42-40-38-19-17-15-13-11-9-7-2/h37,39,45,47,52-53,57H,6-36,38,40-44,46,48-51H2,1-5H3,(H-,55,58,59,60)/p+1/b39-37+,47-45+. The minimum absolute atomic E-state index is 0.0584. The third kappa shape index (κ3) is 48.7. The lowest BCUT2D eigenvalue weighted by Crippen LogP contribution is -2.45. The number of rotatable bonds is 50. The number of amides is 1. The van der Waals surface area contributed by atoms with E-state index in [9.17, 15) is 19.4 Å². The molecule has 1 amide bonds. The molecule has 0 aromatic rings. The van der Waals surface area contributed by atoms with Crippen LogP contribution >= 0.6 is 7.82 Å². The molecule has 9 heteroatoms. The number of carbonyl (C=O) groups is 1. The van der Waals surface area contributed by atoms with E-state index in [1.165, 1.54) is 205 Å². The predicted octanol–water partition coefficient (Wildman–Crippen LogP) is 16.0. The summed E-state index contributed by atoms with van der Waals surface area (Å²) in [5.41, 5.74) is 0. The minimum atomic E-state index is -4.34. The largest absolute Gasteiger partial charge is 0.472 e. The van der Waals surface area contributed by atoms with Crippen LogP contribution in [0.4, 0.5) is 0 Å². The Morgan fingerprint density at radius 3 is 1.27 bits per heavy atom. The van der Waals surface area contributed by atoms with E-state index >= 15 is 0 Å². The molecule has 0 saturated heterocycles. The van der Waals surface area contributed by atoms with Crippen molar-refractivity contribution in [3.63, 3.8) is 0 Å². The van der Waals surface area contributed by atoms with Crippen LogP contribution in [0.2, 0.25) is 0 Å². The van der Waals surface area contributed by atoms with E-state index in [1.54, 1.807) is 6.08 Å². The Morgan fingerprint density at radius 2 is 0.873 bits per heavy atom. The van der Waals surface area contributed by atoms with Crippen molar-refractivity contribution in [2.45, 2.75) is 276 Å². The Balaban J connectivity index is 4.15. The van der Waals surface area contributed by atoms with Crippen molar-refractivity contribution in [3.8, 4) is 0 Å². The maximum atomic E-state index is 12.9. The fourth-order valence-corrected chi connectivity index (χ4v) is 8.85. The van der Waals surface area contributed by atoms with Gasteiger partial charge in [0.1, 0.15) is 13.2 Å². The molecule has 374 valence electrons. The number of aliphatic hydroxyl groups excluding tert-OH is 1. The summed E-state index contributed by atoms with van der Waals surface area (Å²) in [7, 11) is 1.56. The topological polar surface area (TPSA) is 105 Å². The molecule has 0 rings (SSSR count). The van der Waals surface area contributed by atoms with Gasteiger partial charge in [0.15, 0.2) is 0 Å². The number of phosphoric acid groups is 1. The second-order valence-corrected chi connectivity index (χ2v) is 21.4. The minimum Gasteiger partial charge on any atom is -0.387 e. The normalized spacial score (nSPS) is 14.2. The van der Waals surface area contributed by atoms with E-state index in [2.05, 4.69) is 31.3 Å². The van der Waals surface area contributed by atoms with Gasteiger partial charge in [-0.15, -0.1) is 0 Å². The summed E-state index contributed by atoms with van der Waals surface area (Å²) >= 11 is 0. The number of hydrogen-bond acceptors (Lipinski definition) is 5. The molecule has 3 N–H and O–H groups in total. The Morgan fingerprint density at radius 1 is 0.524 bits per heavy atom. The van der Waals surface area contributed by atoms with Gasteiger partial charge in [-0.05, 0) is 32.1 Å². The summed E-state index contributed by atoms with van der Waals surface area (Å²) in [6.45, 7) is 4.81. The van der Waals surface area contributed by atoms with E-state index in [0.29, 0.717) is 17.4 Å². The highest BCUT2D eigenvalue weighted by Crippen LogP contribution is 2.43. The summed E-state index contributed by atoms with van der Waals surface area (Å²) in [4.78, 5) is 23.2. The number of carbonyl (C=O) groups excluding carboxylic acids is 1. The van der Waals surface area contributed by atoms with Crippen LogP contribution in [0.25, 0.3) is 0 Å².